The van der Waals surface area contributed by atoms with E-state index in [-0.39, 0.29) is 12.5 Å². The summed E-state index contributed by atoms with van der Waals surface area (Å²) in [5.41, 5.74) is 7.87. The minimum atomic E-state index is -0.225. The minimum Gasteiger partial charge on any atom is -0.349 e. The van der Waals surface area contributed by atoms with Crippen molar-refractivity contribution in [3.8, 4) is 5.69 Å². The number of aryl methyl sites for hydroxylation is 1. The van der Waals surface area contributed by atoms with Crippen LogP contribution in [0, 0.1) is 6.92 Å². The van der Waals surface area contributed by atoms with Crippen LogP contribution in [0.25, 0.3) is 5.69 Å². The van der Waals surface area contributed by atoms with E-state index in [1.807, 2.05) is 19.1 Å². The molecule has 0 unspecified atom stereocenters. The number of carbonyl (C=O) groups excluding carboxylic acids is 1. The van der Waals surface area contributed by atoms with Crippen molar-refractivity contribution in [2.24, 2.45) is 5.73 Å². The fourth-order valence-corrected chi connectivity index (χ4v) is 3.44. The smallest absolute Gasteiger partial charge is 0.234 e. The number of aromatic nitrogens is 3. The highest BCUT2D eigenvalue weighted by Gasteiger charge is 2.11. The molecule has 20 heavy (non-hydrogen) atoms. The van der Waals surface area contributed by atoms with Gasteiger partial charge < -0.3 is 11.1 Å². The summed E-state index contributed by atoms with van der Waals surface area (Å²) in [5, 5.41) is 10.7. The summed E-state index contributed by atoms with van der Waals surface area (Å²) in [6.07, 6.45) is 1.76. The third-order valence-corrected chi connectivity index (χ3v) is 3.79. The van der Waals surface area contributed by atoms with Crippen LogP contribution in [0.2, 0.25) is 0 Å². The molecule has 106 valence electrons. The Bertz CT molecular complexity index is 618. The number of benzene rings is 1. The van der Waals surface area contributed by atoms with E-state index >= 15 is 0 Å². The van der Waals surface area contributed by atoms with Gasteiger partial charge in [-0.05, 0) is 56.5 Å². The van der Waals surface area contributed by atoms with Gasteiger partial charge in [-0.25, -0.2) is 4.68 Å². The zero-order chi connectivity index (χ0) is 14.7. The van der Waals surface area contributed by atoms with E-state index < -0.39 is 0 Å². The molecule has 2 aromatic rings. The Morgan fingerprint density at radius 1 is 1.40 bits per heavy atom. The van der Waals surface area contributed by atoms with Crippen LogP contribution in [0.1, 0.15) is 11.3 Å². The summed E-state index contributed by atoms with van der Waals surface area (Å²) in [6, 6.07) is 4.00. The van der Waals surface area contributed by atoms with Crippen molar-refractivity contribution in [3.63, 3.8) is 0 Å². The lowest BCUT2D eigenvalue weighted by atomic mass is 10.2. The molecule has 3 N–H and O–H groups in total. The first kappa shape index (κ1) is 15.1. The summed E-state index contributed by atoms with van der Waals surface area (Å²) in [6.45, 7) is 2.27. The van der Waals surface area contributed by atoms with Crippen molar-refractivity contribution in [1.29, 1.82) is 0 Å². The molecule has 0 aliphatic rings. The largest absolute Gasteiger partial charge is 0.349 e. The van der Waals surface area contributed by atoms with Gasteiger partial charge >= 0.3 is 0 Å². The number of rotatable bonds is 4. The number of hydrogen-bond acceptors (Lipinski definition) is 4. The van der Waals surface area contributed by atoms with Crippen molar-refractivity contribution < 1.29 is 4.79 Å². The highest BCUT2D eigenvalue weighted by atomic mass is 79.9. The van der Waals surface area contributed by atoms with Crippen LogP contribution >= 0.6 is 31.9 Å². The number of carbonyl (C=O) groups is 1. The molecule has 1 aromatic heterocycles. The SMILES string of the molecule is Cc1cc(Br)c(-n2cc(CNC(=O)CN)nn2)c(Br)c1. The molecular weight excluding hydrogens is 390 g/mol. The molecule has 6 nitrogen and oxygen atoms in total. The predicted octanol–water partition coefficient (Wildman–Crippen LogP) is 1.68. The van der Waals surface area contributed by atoms with Gasteiger partial charge in [-0.15, -0.1) is 5.10 Å². The standard InChI is InChI=1S/C12H13Br2N5O/c1-7-2-9(13)12(10(14)3-7)19-6-8(17-18-19)5-16-11(20)4-15/h2-3,6H,4-5,15H2,1H3,(H,16,20). The number of halogens is 2. The molecule has 1 amide bonds. The Morgan fingerprint density at radius 3 is 2.65 bits per heavy atom. The maximum atomic E-state index is 11.1. The van der Waals surface area contributed by atoms with E-state index in [2.05, 4.69) is 47.5 Å². The molecular formula is C12H13Br2N5O. The molecule has 0 saturated carbocycles. The second-order valence-corrected chi connectivity index (χ2v) is 5.92. The van der Waals surface area contributed by atoms with Crippen molar-refractivity contribution in [1.82, 2.24) is 20.3 Å². The van der Waals surface area contributed by atoms with Crippen molar-refractivity contribution in [2.75, 3.05) is 6.54 Å². The van der Waals surface area contributed by atoms with Gasteiger partial charge in [0.1, 0.15) is 5.69 Å². The Hall–Kier alpha value is -1.25. The number of hydrogen-bond donors (Lipinski definition) is 2. The normalized spacial score (nSPS) is 10.6. The first-order valence-electron chi connectivity index (χ1n) is 5.85. The Kier molecular flexibility index (Phi) is 4.90. The second kappa shape index (κ2) is 6.47. The third-order valence-electron chi connectivity index (χ3n) is 2.58. The van der Waals surface area contributed by atoms with Gasteiger partial charge in [-0.3, -0.25) is 4.79 Å². The average molecular weight is 403 g/mol. The lowest BCUT2D eigenvalue weighted by Crippen LogP contribution is -2.29. The second-order valence-electron chi connectivity index (χ2n) is 4.21. The zero-order valence-corrected chi connectivity index (χ0v) is 13.9. The Labute approximate surface area is 133 Å². The van der Waals surface area contributed by atoms with Crippen LogP contribution in [0.15, 0.2) is 27.3 Å². The first-order valence-corrected chi connectivity index (χ1v) is 7.44. The zero-order valence-electron chi connectivity index (χ0n) is 10.7. The van der Waals surface area contributed by atoms with Gasteiger partial charge in [0.25, 0.3) is 0 Å². The van der Waals surface area contributed by atoms with E-state index in [0.29, 0.717) is 12.2 Å². The minimum absolute atomic E-state index is 0.0385. The Balaban J connectivity index is 2.23. The molecule has 0 atom stereocenters. The maximum absolute atomic E-state index is 11.1. The van der Waals surface area contributed by atoms with Crippen LogP contribution in [0.3, 0.4) is 0 Å². The van der Waals surface area contributed by atoms with E-state index in [4.69, 9.17) is 5.73 Å². The van der Waals surface area contributed by atoms with Gasteiger partial charge in [0, 0.05) is 8.95 Å². The fraction of sp³-hybridized carbons (Fsp3) is 0.250. The van der Waals surface area contributed by atoms with Crippen molar-refractivity contribution >= 4 is 37.8 Å². The molecule has 8 heteroatoms. The van der Waals surface area contributed by atoms with E-state index in [9.17, 15) is 4.79 Å². The van der Waals surface area contributed by atoms with Crippen LogP contribution in [-0.4, -0.2) is 27.4 Å². The summed E-state index contributed by atoms with van der Waals surface area (Å²) in [7, 11) is 0. The Morgan fingerprint density at radius 2 is 2.05 bits per heavy atom. The van der Waals surface area contributed by atoms with Crippen molar-refractivity contribution in [3.05, 3.63) is 38.5 Å². The van der Waals surface area contributed by atoms with Gasteiger partial charge in [-0.2, -0.15) is 0 Å². The molecule has 0 fully saturated rings. The third kappa shape index (κ3) is 3.44. The number of nitrogens with two attached hydrogens (primary N) is 1. The molecule has 0 aliphatic heterocycles. The molecule has 1 aromatic carbocycles. The topological polar surface area (TPSA) is 85.8 Å². The van der Waals surface area contributed by atoms with Crippen LogP contribution in [0.4, 0.5) is 0 Å². The molecule has 1 heterocycles. The van der Waals surface area contributed by atoms with Gasteiger partial charge in [0.05, 0.1) is 25.0 Å². The van der Waals surface area contributed by atoms with E-state index in [1.54, 1.807) is 10.9 Å². The molecule has 2 rings (SSSR count). The summed E-state index contributed by atoms with van der Waals surface area (Å²) >= 11 is 7.02. The van der Waals surface area contributed by atoms with E-state index in [1.165, 1.54) is 0 Å². The van der Waals surface area contributed by atoms with Crippen LogP contribution in [0.5, 0.6) is 0 Å². The van der Waals surface area contributed by atoms with Crippen LogP contribution < -0.4 is 11.1 Å². The predicted molar refractivity (Wildman–Crippen MR) is 82.4 cm³/mol. The van der Waals surface area contributed by atoms with Crippen LogP contribution in [-0.2, 0) is 11.3 Å². The molecule has 0 bridgehead atoms. The lowest BCUT2D eigenvalue weighted by molar-refractivity contribution is -0.119. The van der Waals surface area contributed by atoms with Gasteiger partial charge in [-0.1, -0.05) is 5.21 Å². The number of nitrogens with zero attached hydrogens (tertiary/aromatic N) is 3. The number of amides is 1. The lowest BCUT2D eigenvalue weighted by Gasteiger charge is -2.07. The maximum Gasteiger partial charge on any atom is 0.234 e. The monoisotopic (exact) mass is 401 g/mol. The summed E-state index contributed by atoms with van der Waals surface area (Å²) < 4.78 is 3.47. The molecule has 0 spiro atoms. The molecule has 0 saturated heterocycles. The van der Waals surface area contributed by atoms with Gasteiger partial charge in [0.15, 0.2) is 0 Å². The molecule has 0 radical (unpaired) electrons. The highest BCUT2D eigenvalue weighted by Crippen LogP contribution is 2.30. The van der Waals surface area contributed by atoms with Crippen molar-refractivity contribution in [2.45, 2.75) is 13.5 Å². The highest BCUT2D eigenvalue weighted by molar-refractivity contribution is 9.11. The van der Waals surface area contributed by atoms with E-state index in [0.717, 1.165) is 20.2 Å². The quantitative estimate of drug-likeness (QED) is 0.814. The molecule has 0 aliphatic carbocycles. The summed E-state index contributed by atoms with van der Waals surface area (Å²) in [4.78, 5) is 11.1. The fourth-order valence-electron chi connectivity index (χ4n) is 1.66. The average Bonchev–Trinajstić information content (AvgIpc) is 2.83. The number of nitrogens with one attached hydrogen (secondary N) is 1. The summed E-state index contributed by atoms with van der Waals surface area (Å²) in [5.74, 6) is -0.225. The first-order chi connectivity index (χ1) is 9.51. The van der Waals surface area contributed by atoms with Gasteiger partial charge in [0.2, 0.25) is 5.91 Å².